The van der Waals surface area contributed by atoms with E-state index >= 15 is 0 Å². The molecule has 1 aromatic rings. The third-order valence-electron chi connectivity index (χ3n) is 1.45. The molecule has 1 aromatic heterocycles. The molecule has 2 N–H and O–H groups in total. The molecule has 4 nitrogen and oxygen atoms in total. The lowest BCUT2D eigenvalue weighted by molar-refractivity contribution is 0.296. The van der Waals surface area contributed by atoms with E-state index in [0.717, 1.165) is 12.0 Å². The molecule has 0 aliphatic carbocycles. The van der Waals surface area contributed by atoms with Gasteiger partial charge in [0.15, 0.2) is 0 Å². The van der Waals surface area contributed by atoms with Crippen LogP contribution in [0, 0.1) is 0 Å². The number of ether oxygens (including phenoxy) is 1. The molecule has 0 spiro atoms. The third-order valence-corrected chi connectivity index (χ3v) is 1.86. The highest BCUT2D eigenvalue weighted by Crippen LogP contribution is 2.14. The largest absolute Gasteiger partial charge is 0.463 e. The fraction of sp³-hybridized carbons (Fsp3) is 0.333. The van der Waals surface area contributed by atoms with Crippen LogP contribution in [-0.2, 0) is 0 Å². The van der Waals surface area contributed by atoms with Gasteiger partial charge >= 0.3 is 6.01 Å². The molecule has 0 saturated heterocycles. The van der Waals surface area contributed by atoms with Crippen molar-refractivity contribution in [2.75, 3.05) is 12.3 Å². The van der Waals surface area contributed by atoms with Gasteiger partial charge in [0.1, 0.15) is 10.4 Å². The van der Waals surface area contributed by atoms with Gasteiger partial charge in [-0.05, 0) is 22.9 Å². The molecule has 0 aliphatic heterocycles. The van der Waals surface area contributed by atoms with Crippen LogP contribution in [0.1, 0.15) is 13.3 Å². The molecule has 0 unspecified atom stereocenters. The zero-order chi connectivity index (χ0) is 10.6. The first-order valence-electron chi connectivity index (χ1n) is 4.15. The molecule has 0 amide bonds. The molecule has 1 heterocycles. The van der Waals surface area contributed by atoms with Crippen LogP contribution in [0.4, 0.5) is 5.82 Å². The topological polar surface area (TPSA) is 61.0 Å². The van der Waals surface area contributed by atoms with Gasteiger partial charge in [0, 0.05) is 12.5 Å². The Bertz CT molecular complexity index is 321. The molecular formula is C9H12BrN3O. The summed E-state index contributed by atoms with van der Waals surface area (Å²) in [6.07, 6.45) is 0.787. The van der Waals surface area contributed by atoms with E-state index in [2.05, 4.69) is 32.5 Å². The Morgan fingerprint density at radius 1 is 1.64 bits per heavy atom. The van der Waals surface area contributed by atoms with Gasteiger partial charge in [-0.15, -0.1) is 6.58 Å². The Labute approximate surface area is 91.3 Å². The quantitative estimate of drug-likeness (QED) is 0.664. The Morgan fingerprint density at radius 2 is 2.36 bits per heavy atom. The van der Waals surface area contributed by atoms with Gasteiger partial charge in [-0.25, -0.2) is 0 Å². The van der Waals surface area contributed by atoms with Gasteiger partial charge in [0.2, 0.25) is 0 Å². The van der Waals surface area contributed by atoms with Gasteiger partial charge in [-0.1, -0.05) is 5.57 Å². The number of hydrogen-bond acceptors (Lipinski definition) is 4. The summed E-state index contributed by atoms with van der Waals surface area (Å²) in [5, 5.41) is 0. The number of hydrogen-bond donors (Lipinski definition) is 1. The summed E-state index contributed by atoms with van der Waals surface area (Å²) in [7, 11) is 0. The van der Waals surface area contributed by atoms with Crippen molar-refractivity contribution in [1.82, 2.24) is 9.97 Å². The fourth-order valence-electron chi connectivity index (χ4n) is 0.794. The van der Waals surface area contributed by atoms with Gasteiger partial charge in [-0.3, -0.25) is 0 Å². The minimum Gasteiger partial charge on any atom is -0.463 e. The van der Waals surface area contributed by atoms with E-state index < -0.39 is 0 Å². The molecule has 0 saturated carbocycles. The molecule has 0 fully saturated rings. The summed E-state index contributed by atoms with van der Waals surface area (Å²) in [5.74, 6) is 0.386. The SMILES string of the molecule is C=C(C)CCOc1nc(N)cc(Br)n1. The number of nitrogen functional groups attached to an aromatic ring is 1. The van der Waals surface area contributed by atoms with E-state index in [9.17, 15) is 0 Å². The zero-order valence-electron chi connectivity index (χ0n) is 7.96. The highest BCUT2D eigenvalue weighted by Gasteiger charge is 2.01. The number of aromatic nitrogens is 2. The molecule has 0 radical (unpaired) electrons. The van der Waals surface area contributed by atoms with Crippen LogP contribution in [0.5, 0.6) is 6.01 Å². The second-order valence-corrected chi connectivity index (χ2v) is 3.77. The second-order valence-electron chi connectivity index (χ2n) is 2.95. The van der Waals surface area contributed by atoms with Crippen LogP contribution in [0.3, 0.4) is 0 Å². The van der Waals surface area contributed by atoms with E-state index in [1.54, 1.807) is 6.07 Å². The predicted molar refractivity (Wildman–Crippen MR) is 59.1 cm³/mol. The van der Waals surface area contributed by atoms with Gasteiger partial charge in [0.25, 0.3) is 0 Å². The summed E-state index contributed by atoms with van der Waals surface area (Å²) >= 11 is 3.21. The monoisotopic (exact) mass is 257 g/mol. The van der Waals surface area contributed by atoms with Gasteiger partial charge in [0.05, 0.1) is 6.61 Å². The van der Waals surface area contributed by atoms with E-state index in [4.69, 9.17) is 10.5 Å². The third kappa shape index (κ3) is 3.74. The van der Waals surface area contributed by atoms with Crippen molar-refractivity contribution in [2.45, 2.75) is 13.3 Å². The molecule has 1 rings (SSSR count). The maximum absolute atomic E-state index is 5.51. The first kappa shape index (κ1) is 11.0. The van der Waals surface area contributed by atoms with E-state index in [0.29, 0.717) is 17.0 Å². The van der Waals surface area contributed by atoms with Crippen LogP contribution in [0.25, 0.3) is 0 Å². The van der Waals surface area contributed by atoms with Crippen LogP contribution in [0.2, 0.25) is 0 Å². The van der Waals surface area contributed by atoms with E-state index in [1.807, 2.05) is 6.92 Å². The lowest BCUT2D eigenvalue weighted by atomic mass is 10.3. The summed E-state index contributed by atoms with van der Waals surface area (Å²) in [5.41, 5.74) is 6.58. The van der Waals surface area contributed by atoms with Gasteiger partial charge in [-0.2, -0.15) is 9.97 Å². The molecule has 5 heteroatoms. The minimum atomic E-state index is 0.290. The van der Waals surface area contributed by atoms with Crippen molar-refractivity contribution in [2.24, 2.45) is 0 Å². The van der Waals surface area contributed by atoms with Crippen molar-refractivity contribution < 1.29 is 4.74 Å². The molecule has 14 heavy (non-hydrogen) atoms. The highest BCUT2D eigenvalue weighted by molar-refractivity contribution is 9.10. The first-order valence-corrected chi connectivity index (χ1v) is 4.94. The highest BCUT2D eigenvalue weighted by atomic mass is 79.9. The van der Waals surface area contributed by atoms with Crippen LogP contribution >= 0.6 is 15.9 Å². The maximum atomic E-state index is 5.51. The van der Waals surface area contributed by atoms with Crippen LogP contribution < -0.4 is 10.5 Å². The lowest BCUT2D eigenvalue weighted by Gasteiger charge is -2.04. The summed E-state index contributed by atoms with van der Waals surface area (Å²) in [6.45, 7) is 6.23. The summed E-state index contributed by atoms with van der Waals surface area (Å²) in [4.78, 5) is 7.92. The molecule has 0 aliphatic rings. The van der Waals surface area contributed by atoms with Crippen molar-refractivity contribution in [3.05, 3.63) is 22.8 Å². The number of nitrogens with two attached hydrogens (primary N) is 1. The number of rotatable bonds is 4. The van der Waals surface area contributed by atoms with Crippen molar-refractivity contribution in [1.29, 1.82) is 0 Å². The van der Waals surface area contributed by atoms with Crippen molar-refractivity contribution >= 4 is 21.7 Å². The van der Waals surface area contributed by atoms with E-state index in [1.165, 1.54) is 0 Å². The summed E-state index contributed by atoms with van der Waals surface area (Å²) < 4.78 is 5.91. The second kappa shape index (κ2) is 4.95. The maximum Gasteiger partial charge on any atom is 0.319 e. The Kier molecular flexibility index (Phi) is 3.88. The molecular weight excluding hydrogens is 246 g/mol. The first-order chi connectivity index (χ1) is 6.58. The Hall–Kier alpha value is -1.10. The molecule has 76 valence electrons. The predicted octanol–water partition coefficient (Wildman–Crippen LogP) is 2.17. The number of halogens is 1. The summed E-state index contributed by atoms with van der Waals surface area (Å²) in [6, 6.07) is 1.91. The van der Waals surface area contributed by atoms with Crippen molar-refractivity contribution in [3.8, 4) is 6.01 Å². The molecule has 0 aromatic carbocycles. The normalized spacial score (nSPS) is 9.86. The average Bonchev–Trinajstić information content (AvgIpc) is 2.01. The lowest BCUT2D eigenvalue weighted by Crippen LogP contribution is -2.03. The van der Waals surface area contributed by atoms with E-state index in [-0.39, 0.29) is 6.01 Å². The Morgan fingerprint density at radius 3 is 2.93 bits per heavy atom. The Balaban J connectivity index is 2.54. The fourth-order valence-corrected chi connectivity index (χ4v) is 1.18. The smallest absolute Gasteiger partial charge is 0.319 e. The molecule has 0 bridgehead atoms. The number of anilines is 1. The van der Waals surface area contributed by atoms with Crippen LogP contribution in [-0.4, -0.2) is 16.6 Å². The van der Waals surface area contributed by atoms with Crippen LogP contribution in [0.15, 0.2) is 22.8 Å². The zero-order valence-corrected chi connectivity index (χ0v) is 9.54. The number of nitrogens with zero attached hydrogens (tertiary/aromatic N) is 2. The molecule has 0 atom stereocenters. The minimum absolute atomic E-state index is 0.290. The average molecular weight is 258 g/mol. The van der Waals surface area contributed by atoms with Crippen molar-refractivity contribution in [3.63, 3.8) is 0 Å². The van der Waals surface area contributed by atoms with Gasteiger partial charge < -0.3 is 10.5 Å². The standard InChI is InChI=1S/C9H12BrN3O/c1-6(2)3-4-14-9-12-7(10)5-8(11)13-9/h5H,1,3-4H2,2H3,(H2,11,12,13).